The quantitative estimate of drug-likeness (QED) is 0.808. The van der Waals surface area contributed by atoms with Gasteiger partial charge in [-0.15, -0.1) is 11.3 Å². The Bertz CT molecular complexity index is 540. The summed E-state index contributed by atoms with van der Waals surface area (Å²) in [4.78, 5) is 1.11. The molecule has 1 aliphatic carbocycles. The second-order valence-corrected chi connectivity index (χ2v) is 9.11. The normalized spacial score (nSPS) is 23.3. The van der Waals surface area contributed by atoms with Crippen LogP contribution < -0.4 is 10.0 Å². The van der Waals surface area contributed by atoms with Gasteiger partial charge in [-0.1, -0.05) is 26.2 Å². The van der Waals surface area contributed by atoms with Gasteiger partial charge in [0, 0.05) is 11.4 Å². The molecule has 2 unspecified atom stereocenters. The van der Waals surface area contributed by atoms with E-state index in [4.69, 9.17) is 0 Å². The third-order valence-electron chi connectivity index (χ3n) is 4.35. The Labute approximate surface area is 132 Å². The summed E-state index contributed by atoms with van der Waals surface area (Å²) in [5, 5.41) is 3.08. The topological polar surface area (TPSA) is 58.2 Å². The summed E-state index contributed by atoms with van der Waals surface area (Å²) < 4.78 is 28.0. The first-order chi connectivity index (χ1) is 10.0. The maximum atomic E-state index is 12.4. The molecular formula is C15H26N2O2S2. The van der Waals surface area contributed by atoms with Crippen molar-refractivity contribution >= 4 is 21.4 Å². The van der Waals surface area contributed by atoms with E-state index in [1.807, 2.05) is 13.1 Å². The Morgan fingerprint density at radius 3 is 2.76 bits per heavy atom. The van der Waals surface area contributed by atoms with E-state index in [1.54, 1.807) is 6.07 Å². The minimum Gasteiger partial charge on any atom is -0.319 e. The Hall–Kier alpha value is -0.430. The van der Waals surface area contributed by atoms with Gasteiger partial charge in [-0.3, -0.25) is 0 Å². The highest BCUT2D eigenvalue weighted by Crippen LogP contribution is 2.29. The maximum absolute atomic E-state index is 12.4. The molecule has 2 rings (SSSR count). The summed E-state index contributed by atoms with van der Waals surface area (Å²) >= 11 is 1.38. The third kappa shape index (κ3) is 4.77. The van der Waals surface area contributed by atoms with Crippen LogP contribution in [0.4, 0.5) is 0 Å². The first-order valence-corrected chi connectivity index (χ1v) is 10.1. The lowest BCUT2D eigenvalue weighted by molar-refractivity contribution is 0.257. The Kier molecular flexibility index (Phi) is 6.22. The van der Waals surface area contributed by atoms with Crippen LogP contribution in [-0.2, 0) is 16.4 Å². The monoisotopic (exact) mass is 330 g/mol. The molecule has 0 aromatic carbocycles. The summed E-state index contributed by atoms with van der Waals surface area (Å²) in [6.07, 6.45) is 5.74. The zero-order valence-electron chi connectivity index (χ0n) is 12.9. The van der Waals surface area contributed by atoms with E-state index in [2.05, 4.69) is 17.0 Å². The molecule has 6 heteroatoms. The number of hydrogen-bond acceptors (Lipinski definition) is 4. The van der Waals surface area contributed by atoms with E-state index >= 15 is 0 Å². The molecule has 0 bridgehead atoms. The van der Waals surface area contributed by atoms with Gasteiger partial charge in [0.2, 0.25) is 10.0 Å². The van der Waals surface area contributed by atoms with E-state index in [1.165, 1.54) is 30.6 Å². The number of sulfonamides is 1. The molecule has 0 radical (unpaired) electrons. The molecule has 4 nitrogen and oxygen atoms in total. The van der Waals surface area contributed by atoms with Gasteiger partial charge in [-0.05, 0) is 50.4 Å². The average molecular weight is 331 g/mol. The standard InChI is InChI=1S/C15H26N2O2S2/c1-12-5-3-4-6-13(12)11-17-21(18,19)15-8-7-14(20-15)9-10-16-2/h7-8,12-13,16-17H,3-6,9-11H2,1-2H3. The summed E-state index contributed by atoms with van der Waals surface area (Å²) in [5.74, 6) is 1.10. The minimum atomic E-state index is -3.34. The van der Waals surface area contributed by atoms with Crippen LogP contribution in [0.5, 0.6) is 0 Å². The van der Waals surface area contributed by atoms with Crippen molar-refractivity contribution in [2.24, 2.45) is 11.8 Å². The average Bonchev–Trinajstić information content (AvgIpc) is 2.94. The zero-order valence-corrected chi connectivity index (χ0v) is 14.5. The van der Waals surface area contributed by atoms with Crippen molar-refractivity contribution in [3.63, 3.8) is 0 Å². The molecule has 2 N–H and O–H groups in total. The predicted molar refractivity (Wildman–Crippen MR) is 88.3 cm³/mol. The summed E-state index contributed by atoms with van der Waals surface area (Å²) in [6.45, 7) is 3.68. The Morgan fingerprint density at radius 2 is 2.05 bits per heavy atom. The van der Waals surface area contributed by atoms with Crippen LogP contribution in [0.25, 0.3) is 0 Å². The fourth-order valence-electron chi connectivity index (χ4n) is 2.87. The molecular weight excluding hydrogens is 304 g/mol. The van der Waals surface area contributed by atoms with Gasteiger partial charge in [0.1, 0.15) is 4.21 Å². The van der Waals surface area contributed by atoms with E-state index in [9.17, 15) is 8.42 Å². The number of rotatable bonds is 7. The van der Waals surface area contributed by atoms with Gasteiger partial charge in [0.15, 0.2) is 0 Å². The first-order valence-electron chi connectivity index (χ1n) is 7.76. The summed E-state index contributed by atoms with van der Waals surface area (Å²) in [5.41, 5.74) is 0. The van der Waals surface area contributed by atoms with E-state index < -0.39 is 10.0 Å². The van der Waals surface area contributed by atoms with Crippen LogP contribution in [0.3, 0.4) is 0 Å². The largest absolute Gasteiger partial charge is 0.319 e. The second-order valence-electron chi connectivity index (χ2n) is 5.95. The first kappa shape index (κ1) is 16.9. The van der Waals surface area contributed by atoms with Crippen LogP contribution in [0, 0.1) is 11.8 Å². The highest BCUT2D eigenvalue weighted by atomic mass is 32.2. The third-order valence-corrected chi connectivity index (χ3v) is 7.41. The molecule has 1 fully saturated rings. The SMILES string of the molecule is CNCCc1ccc(S(=O)(=O)NCC2CCCCC2C)s1. The number of nitrogens with one attached hydrogen (secondary N) is 2. The van der Waals surface area contributed by atoms with Crippen LogP contribution in [-0.4, -0.2) is 28.6 Å². The highest BCUT2D eigenvalue weighted by molar-refractivity contribution is 7.91. The lowest BCUT2D eigenvalue weighted by Crippen LogP contribution is -2.33. The van der Waals surface area contributed by atoms with Crippen LogP contribution in [0.1, 0.15) is 37.5 Å². The lowest BCUT2D eigenvalue weighted by Gasteiger charge is -2.28. The van der Waals surface area contributed by atoms with E-state index in [0.29, 0.717) is 22.6 Å². The molecule has 1 aromatic rings. The molecule has 0 spiro atoms. The molecule has 1 aromatic heterocycles. The fraction of sp³-hybridized carbons (Fsp3) is 0.733. The van der Waals surface area contributed by atoms with E-state index in [-0.39, 0.29) is 0 Å². The molecule has 1 heterocycles. The molecule has 1 aliphatic rings. The molecule has 21 heavy (non-hydrogen) atoms. The molecule has 2 atom stereocenters. The van der Waals surface area contributed by atoms with Crippen LogP contribution in [0.15, 0.2) is 16.3 Å². The zero-order chi connectivity index (χ0) is 15.3. The van der Waals surface area contributed by atoms with E-state index in [0.717, 1.165) is 24.3 Å². The van der Waals surface area contributed by atoms with Gasteiger partial charge >= 0.3 is 0 Å². The summed E-state index contributed by atoms with van der Waals surface area (Å²) in [7, 11) is -1.44. The van der Waals surface area contributed by atoms with Crippen molar-refractivity contribution < 1.29 is 8.42 Å². The second kappa shape index (κ2) is 7.72. The molecule has 0 saturated heterocycles. The van der Waals surface area contributed by atoms with Crippen molar-refractivity contribution in [3.05, 3.63) is 17.0 Å². The molecule has 0 amide bonds. The minimum absolute atomic E-state index is 0.442. The molecule has 120 valence electrons. The van der Waals surface area contributed by atoms with Crippen LogP contribution >= 0.6 is 11.3 Å². The smallest absolute Gasteiger partial charge is 0.250 e. The summed E-state index contributed by atoms with van der Waals surface area (Å²) in [6, 6.07) is 3.64. The maximum Gasteiger partial charge on any atom is 0.250 e. The van der Waals surface area contributed by atoms with Crippen molar-refractivity contribution in [1.29, 1.82) is 0 Å². The molecule has 0 aliphatic heterocycles. The number of hydrogen-bond donors (Lipinski definition) is 2. The van der Waals surface area contributed by atoms with Gasteiger partial charge in [0.05, 0.1) is 0 Å². The van der Waals surface area contributed by atoms with Gasteiger partial charge < -0.3 is 5.32 Å². The van der Waals surface area contributed by atoms with Crippen LogP contribution in [0.2, 0.25) is 0 Å². The van der Waals surface area contributed by atoms with Gasteiger partial charge in [0.25, 0.3) is 0 Å². The van der Waals surface area contributed by atoms with Crippen molar-refractivity contribution in [2.45, 2.75) is 43.2 Å². The Balaban J connectivity index is 1.93. The number of thiophene rings is 1. The Morgan fingerprint density at radius 1 is 1.29 bits per heavy atom. The van der Waals surface area contributed by atoms with Crippen molar-refractivity contribution in [1.82, 2.24) is 10.0 Å². The molecule has 1 saturated carbocycles. The van der Waals surface area contributed by atoms with Gasteiger partial charge in [-0.2, -0.15) is 0 Å². The van der Waals surface area contributed by atoms with Crippen molar-refractivity contribution in [2.75, 3.05) is 20.1 Å². The van der Waals surface area contributed by atoms with Gasteiger partial charge in [-0.25, -0.2) is 13.1 Å². The highest BCUT2D eigenvalue weighted by Gasteiger charge is 2.24. The predicted octanol–water partition coefficient (Wildman–Crippen LogP) is 2.61. The number of likely N-dealkylation sites (N-methyl/N-ethyl adjacent to an activating group) is 1. The van der Waals surface area contributed by atoms with Crippen molar-refractivity contribution in [3.8, 4) is 0 Å². The lowest BCUT2D eigenvalue weighted by atomic mass is 9.81. The fourth-order valence-corrected chi connectivity index (χ4v) is 5.36.